The zero-order valence-electron chi connectivity index (χ0n) is 10.6. The maximum absolute atomic E-state index is 5.96. The second kappa shape index (κ2) is 4.61. The monoisotopic (exact) mass is 254 g/mol. The average Bonchev–Trinajstić information content (AvgIpc) is 2.87. The van der Waals surface area contributed by atoms with Gasteiger partial charge in [0.15, 0.2) is 0 Å². The number of hydrogen-bond acceptors (Lipinski definition) is 4. The number of imidazole rings is 1. The molecule has 2 aromatic heterocycles. The Kier molecular flexibility index (Phi) is 2.79. The molecule has 2 heterocycles. The highest BCUT2D eigenvalue weighted by molar-refractivity contribution is 5.47. The van der Waals surface area contributed by atoms with Crippen LogP contribution < -0.4 is 10.5 Å². The maximum Gasteiger partial charge on any atom is 0.235 e. The number of methoxy groups -OCH3 is 1. The van der Waals surface area contributed by atoms with E-state index in [1.807, 2.05) is 41.1 Å². The third-order valence-electron chi connectivity index (χ3n) is 3.05. The van der Waals surface area contributed by atoms with E-state index >= 15 is 0 Å². The van der Waals surface area contributed by atoms with Crippen LogP contribution in [-0.4, -0.2) is 21.5 Å². The Hall–Kier alpha value is -2.56. The van der Waals surface area contributed by atoms with Gasteiger partial charge in [-0.05, 0) is 17.7 Å². The Labute approximate surface area is 110 Å². The zero-order valence-corrected chi connectivity index (χ0v) is 10.6. The van der Waals surface area contributed by atoms with Crippen LogP contribution in [0.25, 0.3) is 5.78 Å². The zero-order chi connectivity index (χ0) is 13.2. The lowest BCUT2D eigenvalue weighted by atomic mass is 10.1. The summed E-state index contributed by atoms with van der Waals surface area (Å²) in [5, 5.41) is 0. The number of rotatable bonds is 3. The topological polar surface area (TPSA) is 65.4 Å². The van der Waals surface area contributed by atoms with Gasteiger partial charge >= 0.3 is 0 Å². The van der Waals surface area contributed by atoms with Gasteiger partial charge in [0, 0.05) is 30.6 Å². The molecule has 0 aliphatic heterocycles. The summed E-state index contributed by atoms with van der Waals surface area (Å²) in [6.07, 6.45) is 6.27. The first-order chi connectivity index (χ1) is 9.26. The number of aromatic nitrogens is 3. The number of fused-ring (bicyclic) bond motifs is 1. The minimum absolute atomic E-state index is 0.523. The van der Waals surface area contributed by atoms with Crippen molar-refractivity contribution in [2.24, 2.45) is 0 Å². The van der Waals surface area contributed by atoms with Gasteiger partial charge in [0.25, 0.3) is 0 Å². The Balaban J connectivity index is 1.92. The van der Waals surface area contributed by atoms with Crippen LogP contribution in [0.2, 0.25) is 0 Å². The van der Waals surface area contributed by atoms with Crippen molar-refractivity contribution in [3.8, 4) is 5.75 Å². The summed E-state index contributed by atoms with van der Waals surface area (Å²) in [6.45, 7) is 0. The molecule has 3 aromatic rings. The molecule has 0 saturated carbocycles. The van der Waals surface area contributed by atoms with E-state index in [1.165, 1.54) is 0 Å². The van der Waals surface area contributed by atoms with Crippen molar-refractivity contribution in [1.29, 1.82) is 0 Å². The molecule has 0 saturated heterocycles. The number of nitrogens with two attached hydrogens (primary N) is 1. The van der Waals surface area contributed by atoms with Crippen molar-refractivity contribution in [2.45, 2.75) is 6.42 Å². The molecule has 0 fully saturated rings. The molecule has 0 aliphatic rings. The van der Waals surface area contributed by atoms with Crippen LogP contribution in [0.3, 0.4) is 0 Å². The molecule has 96 valence electrons. The van der Waals surface area contributed by atoms with E-state index in [-0.39, 0.29) is 0 Å². The smallest absolute Gasteiger partial charge is 0.235 e. The van der Waals surface area contributed by atoms with E-state index in [2.05, 4.69) is 9.97 Å². The second-order valence-corrected chi connectivity index (χ2v) is 4.31. The summed E-state index contributed by atoms with van der Waals surface area (Å²) < 4.78 is 7.01. The van der Waals surface area contributed by atoms with Gasteiger partial charge in [0.2, 0.25) is 5.78 Å². The van der Waals surface area contributed by atoms with E-state index in [4.69, 9.17) is 10.5 Å². The molecule has 0 bridgehead atoms. The summed E-state index contributed by atoms with van der Waals surface area (Å²) in [6, 6.07) is 7.93. The largest absolute Gasteiger partial charge is 0.497 e. The molecule has 0 spiro atoms. The van der Waals surface area contributed by atoms with Gasteiger partial charge in [0.1, 0.15) is 11.6 Å². The fourth-order valence-electron chi connectivity index (χ4n) is 2.01. The number of ether oxygens (including phenoxy) is 1. The predicted octanol–water partition coefficient (Wildman–Crippen LogP) is 1.91. The summed E-state index contributed by atoms with van der Waals surface area (Å²) in [7, 11) is 1.66. The molecule has 3 rings (SSSR count). The lowest BCUT2D eigenvalue weighted by Gasteiger charge is -2.07. The van der Waals surface area contributed by atoms with Crippen LogP contribution in [-0.2, 0) is 6.42 Å². The lowest BCUT2D eigenvalue weighted by Crippen LogP contribution is -2.02. The predicted molar refractivity (Wildman–Crippen MR) is 73.2 cm³/mol. The Morgan fingerprint density at radius 1 is 1.26 bits per heavy atom. The standard InChI is InChI=1S/C14H14N4O/c1-19-12-4-2-10(3-5-12)8-11-9-18-7-6-16-14(18)17-13(11)15/h2-7,9H,8H2,1H3,(H2,15,16,17). The third-order valence-corrected chi connectivity index (χ3v) is 3.05. The van der Waals surface area contributed by atoms with E-state index in [0.29, 0.717) is 11.6 Å². The molecule has 2 N–H and O–H groups in total. The number of benzene rings is 1. The van der Waals surface area contributed by atoms with Crippen LogP contribution in [0.5, 0.6) is 5.75 Å². The highest BCUT2D eigenvalue weighted by Gasteiger charge is 2.06. The van der Waals surface area contributed by atoms with E-state index in [1.54, 1.807) is 13.3 Å². The van der Waals surface area contributed by atoms with Gasteiger partial charge in [-0.25, -0.2) is 4.98 Å². The van der Waals surface area contributed by atoms with Crippen molar-refractivity contribution >= 4 is 11.6 Å². The number of anilines is 1. The fourth-order valence-corrected chi connectivity index (χ4v) is 2.01. The Morgan fingerprint density at radius 2 is 2.05 bits per heavy atom. The molecule has 0 unspecified atom stereocenters. The minimum Gasteiger partial charge on any atom is -0.497 e. The van der Waals surface area contributed by atoms with Crippen molar-refractivity contribution in [3.05, 3.63) is 54.0 Å². The first kappa shape index (κ1) is 11.5. The second-order valence-electron chi connectivity index (χ2n) is 4.31. The molecular weight excluding hydrogens is 240 g/mol. The van der Waals surface area contributed by atoms with Gasteiger partial charge in [-0.2, -0.15) is 4.98 Å². The van der Waals surface area contributed by atoms with Crippen molar-refractivity contribution in [3.63, 3.8) is 0 Å². The van der Waals surface area contributed by atoms with Crippen molar-refractivity contribution in [2.75, 3.05) is 12.8 Å². The van der Waals surface area contributed by atoms with Crippen molar-refractivity contribution in [1.82, 2.24) is 14.4 Å². The van der Waals surface area contributed by atoms with Crippen LogP contribution in [0.4, 0.5) is 5.82 Å². The van der Waals surface area contributed by atoms with Crippen LogP contribution in [0.1, 0.15) is 11.1 Å². The highest BCUT2D eigenvalue weighted by atomic mass is 16.5. The summed E-state index contributed by atoms with van der Waals surface area (Å²) in [4.78, 5) is 8.38. The van der Waals surface area contributed by atoms with Gasteiger partial charge < -0.3 is 10.5 Å². The minimum atomic E-state index is 0.523. The van der Waals surface area contributed by atoms with Gasteiger partial charge in [0.05, 0.1) is 7.11 Å². The molecule has 19 heavy (non-hydrogen) atoms. The van der Waals surface area contributed by atoms with Gasteiger partial charge in [-0.1, -0.05) is 12.1 Å². The molecule has 5 nitrogen and oxygen atoms in total. The van der Waals surface area contributed by atoms with E-state index in [9.17, 15) is 0 Å². The molecular formula is C14H14N4O. The van der Waals surface area contributed by atoms with E-state index in [0.717, 1.165) is 23.3 Å². The maximum atomic E-state index is 5.96. The summed E-state index contributed by atoms with van der Waals surface area (Å²) in [5.41, 5.74) is 8.10. The molecule has 0 amide bonds. The first-order valence-corrected chi connectivity index (χ1v) is 5.97. The van der Waals surface area contributed by atoms with Crippen molar-refractivity contribution < 1.29 is 4.74 Å². The molecule has 1 aromatic carbocycles. The van der Waals surface area contributed by atoms with Gasteiger partial charge in [-0.3, -0.25) is 4.40 Å². The van der Waals surface area contributed by atoms with E-state index < -0.39 is 0 Å². The van der Waals surface area contributed by atoms with Crippen LogP contribution >= 0.6 is 0 Å². The quantitative estimate of drug-likeness (QED) is 0.775. The normalized spacial score (nSPS) is 10.8. The van der Waals surface area contributed by atoms with Crippen LogP contribution in [0, 0.1) is 0 Å². The highest BCUT2D eigenvalue weighted by Crippen LogP contribution is 2.18. The summed E-state index contributed by atoms with van der Waals surface area (Å²) in [5.74, 6) is 1.99. The SMILES string of the molecule is COc1ccc(Cc2cn3ccnc3nc2N)cc1. The Bertz CT molecular complexity index is 703. The number of hydrogen-bond donors (Lipinski definition) is 1. The number of nitrogen functional groups attached to an aromatic ring is 1. The molecule has 0 radical (unpaired) electrons. The van der Waals surface area contributed by atoms with Crippen LogP contribution in [0.15, 0.2) is 42.9 Å². The number of nitrogens with zero attached hydrogens (tertiary/aromatic N) is 3. The molecule has 0 aliphatic carbocycles. The van der Waals surface area contributed by atoms with Gasteiger partial charge in [-0.15, -0.1) is 0 Å². The molecule has 5 heteroatoms. The Morgan fingerprint density at radius 3 is 2.79 bits per heavy atom. The first-order valence-electron chi connectivity index (χ1n) is 5.97. The molecule has 0 atom stereocenters. The fraction of sp³-hybridized carbons (Fsp3) is 0.143. The third kappa shape index (κ3) is 2.22. The average molecular weight is 254 g/mol. The lowest BCUT2D eigenvalue weighted by molar-refractivity contribution is 0.414. The summed E-state index contributed by atoms with van der Waals surface area (Å²) >= 11 is 0.